The fourth-order valence-corrected chi connectivity index (χ4v) is 3.78. The summed E-state index contributed by atoms with van der Waals surface area (Å²) in [6.07, 6.45) is 26.2. The predicted molar refractivity (Wildman–Crippen MR) is 116 cm³/mol. The van der Waals surface area contributed by atoms with E-state index in [0.29, 0.717) is 0 Å². The molecule has 1 heterocycles. The number of rotatable bonds is 18. The number of hydrogen-bond donors (Lipinski definition) is 0. The van der Waals surface area contributed by atoms with E-state index in [0.717, 1.165) is 12.4 Å². The van der Waals surface area contributed by atoms with Gasteiger partial charge in [0.1, 0.15) is 11.7 Å². The Morgan fingerprint density at radius 2 is 1.26 bits per heavy atom. The Morgan fingerprint density at radius 1 is 0.815 bits per heavy atom. The number of hydrogen-bond acceptors (Lipinski definition) is 2. The third kappa shape index (κ3) is 11.9. The van der Waals surface area contributed by atoms with Crippen molar-refractivity contribution in [2.75, 3.05) is 0 Å². The highest BCUT2D eigenvalue weighted by Crippen LogP contribution is 2.15. The van der Waals surface area contributed by atoms with Crippen LogP contribution in [0.25, 0.3) is 0 Å². The standard InChI is InChI=1S/C24H43N3/c1-3-4-5-6-7-8-9-10-11-12-13-14-15-16-17-18-20-27-21-19-26-24(27)23(2)22-25/h19,21,23H,3-18,20H2,1-2H3. The van der Waals surface area contributed by atoms with Gasteiger partial charge in [0.15, 0.2) is 0 Å². The maximum absolute atomic E-state index is 9.04. The molecular formula is C24H43N3. The molecule has 0 saturated carbocycles. The summed E-state index contributed by atoms with van der Waals surface area (Å²) in [5.41, 5.74) is 0. The Hall–Kier alpha value is -1.30. The van der Waals surface area contributed by atoms with Crippen LogP contribution in [0.1, 0.15) is 128 Å². The smallest absolute Gasteiger partial charge is 0.125 e. The molecule has 1 rings (SSSR count). The molecule has 0 N–H and O–H groups in total. The second-order valence-electron chi connectivity index (χ2n) is 8.13. The lowest BCUT2D eigenvalue weighted by Gasteiger charge is -2.08. The van der Waals surface area contributed by atoms with Gasteiger partial charge in [0, 0.05) is 18.9 Å². The zero-order valence-corrected chi connectivity index (χ0v) is 18.1. The first-order chi connectivity index (χ1) is 13.3. The molecule has 27 heavy (non-hydrogen) atoms. The maximum Gasteiger partial charge on any atom is 0.125 e. The molecular weight excluding hydrogens is 330 g/mol. The van der Waals surface area contributed by atoms with Gasteiger partial charge in [-0.15, -0.1) is 0 Å². The third-order valence-electron chi connectivity index (χ3n) is 5.58. The van der Waals surface area contributed by atoms with Crippen molar-refractivity contribution in [3.05, 3.63) is 18.2 Å². The number of aryl methyl sites for hydroxylation is 1. The van der Waals surface area contributed by atoms with Crippen molar-refractivity contribution in [1.82, 2.24) is 9.55 Å². The minimum Gasteiger partial charge on any atom is -0.334 e. The lowest BCUT2D eigenvalue weighted by atomic mass is 10.0. The van der Waals surface area contributed by atoms with Gasteiger partial charge in [0.05, 0.1) is 6.07 Å². The molecule has 0 aliphatic carbocycles. The summed E-state index contributed by atoms with van der Waals surface area (Å²) >= 11 is 0. The Bertz CT molecular complexity index is 486. The average molecular weight is 374 g/mol. The van der Waals surface area contributed by atoms with Gasteiger partial charge in [0.25, 0.3) is 0 Å². The second kappa shape index (κ2) is 16.8. The van der Waals surface area contributed by atoms with Crippen LogP contribution in [0.3, 0.4) is 0 Å². The first-order valence-electron chi connectivity index (χ1n) is 11.7. The molecule has 0 saturated heterocycles. The summed E-state index contributed by atoms with van der Waals surface area (Å²) in [4.78, 5) is 4.32. The quantitative estimate of drug-likeness (QED) is 0.247. The van der Waals surface area contributed by atoms with Crippen molar-refractivity contribution in [2.24, 2.45) is 0 Å². The van der Waals surface area contributed by atoms with Crippen LogP contribution in [-0.4, -0.2) is 9.55 Å². The third-order valence-corrected chi connectivity index (χ3v) is 5.58. The highest BCUT2D eigenvalue weighted by atomic mass is 15.1. The van der Waals surface area contributed by atoms with E-state index in [1.165, 1.54) is 103 Å². The fourth-order valence-electron chi connectivity index (χ4n) is 3.78. The summed E-state index contributed by atoms with van der Waals surface area (Å²) in [5.74, 6) is 0.805. The van der Waals surface area contributed by atoms with Crippen molar-refractivity contribution >= 4 is 0 Å². The minimum atomic E-state index is -0.110. The molecule has 0 aliphatic heterocycles. The summed E-state index contributed by atoms with van der Waals surface area (Å²) in [6.45, 7) is 5.21. The molecule has 0 amide bonds. The Kier molecular flexibility index (Phi) is 14.8. The van der Waals surface area contributed by atoms with E-state index in [1.807, 2.05) is 19.3 Å². The highest BCUT2D eigenvalue weighted by Gasteiger charge is 2.10. The molecule has 0 radical (unpaired) electrons. The van der Waals surface area contributed by atoms with Crippen LogP contribution in [0.4, 0.5) is 0 Å². The SMILES string of the molecule is CCCCCCCCCCCCCCCCCCn1ccnc1C(C)C#N. The second-order valence-corrected chi connectivity index (χ2v) is 8.13. The zero-order chi connectivity index (χ0) is 19.6. The first-order valence-corrected chi connectivity index (χ1v) is 11.7. The van der Waals surface area contributed by atoms with Crippen LogP contribution in [0.15, 0.2) is 12.4 Å². The molecule has 1 unspecified atom stereocenters. The van der Waals surface area contributed by atoms with Gasteiger partial charge in [0.2, 0.25) is 0 Å². The van der Waals surface area contributed by atoms with E-state index < -0.39 is 0 Å². The van der Waals surface area contributed by atoms with Crippen molar-refractivity contribution in [2.45, 2.75) is 129 Å². The number of aromatic nitrogens is 2. The largest absolute Gasteiger partial charge is 0.334 e. The van der Waals surface area contributed by atoms with Crippen LogP contribution >= 0.6 is 0 Å². The van der Waals surface area contributed by atoms with E-state index in [4.69, 9.17) is 5.26 Å². The van der Waals surface area contributed by atoms with Crippen molar-refractivity contribution in [3.63, 3.8) is 0 Å². The molecule has 1 aromatic heterocycles. The number of nitrogens with zero attached hydrogens (tertiary/aromatic N) is 3. The first kappa shape index (κ1) is 23.7. The van der Waals surface area contributed by atoms with Gasteiger partial charge in [-0.05, 0) is 13.3 Å². The Labute approximate surface area is 168 Å². The molecule has 3 heteroatoms. The molecule has 154 valence electrons. The van der Waals surface area contributed by atoms with Crippen LogP contribution in [0.5, 0.6) is 0 Å². The minimum absolute atomic E-state index is 0.110. The normalized spacial score (nSPS) is 12.2. The highest BCUT2D eigenvalue weighted by molar-refractivity contribution is 5.08. The zero-order valence-electron chi connectivity index (χ0n) is 18.1. The number of imidazole rings is 1. The van der Waals surface area contributed by atoms with Gasteiger partial charge in [-0.2, -0.15) is 5.26 Å². The van der Waals surface area contributed by atoms with Crippen molar-refractivity contribution in [1.29, 1.82) is 5.26 Å². The molecule has 0 aromatic carbocycles. The maximum atomic E-state index is 9.04. The van der Waals surface area contributed by atoms with E-state index >= 15 is 0 Å². The lowest BCUT2D eigenvalue weighted by molar-refractivity contribution is 0.516. The monoisotopic (exact) mass is 373 g/mol. The molecule has 0 bridgehead atoms. The Morgan fingerprint density at radius 3 is 1.70 bits per heavy atom. The fraction of sp³-hybridized carbons (Fsp3) is 0.833. The molecule has 0 fully saturated rings. The summed E-state index contributed by atoms with van der Waals surface area (Å²) in [7, 11) is 0. The number of nitriles is 1. The van der Waals surface area contributed by atoms with E-state index in [1.54, 1.807) is 0 Å². The molecule has 0 spiro atoms. The van der Waals surface area contributed by atoms with E-state index in [9.17, 15) is 0 Å². The topological polar surface area (TPSA) is 41.6 Å². The van der Waals surface area contributed by atoms with Gasteiger partial charge >= 0.3 is 0 Å². The van der Waals surface area contributed by atoms with Crippen LogP contribution in [-0.2, 0) is 6.54 Å². The van der Waals surface area contributed by atoms with Crippen LogP contribution in [0, 0.1) is 11.3 Å². The molecule has 1 aromatic rings. The summed E-state index contributed by atoms with van der Waals surface area (Å²) < 4.78 is 2.15. The van der Waals surface area contributed by atoms with Crippen LogP contribution in [0.2, 0.25) is 0 Å². The van der Waals surface area contributed by atoms with Crippen molar-refractivity contribution < 1.29 is 0 Å². The lowest BCUT2D eigenvalue weighted by Crippen LogP contribution is -2.05. The summed E-state index contributed by atoms with van der Waals surface area (Å²) in [6, 6.07) is 2.28. The van der Waals surface area contributed by atoms with Crippen molar-refractivity contribution in [3.8, 4) is 6.07 Å². The molecule has 1 atom stereocenters. The Balaban J connectivity index is 1.83. The molecule has 3 nitrogen and oxygen atoms in total. The average Bonchev–Trinajstić information content (AvgIpc) is 3.15. The number of unbranched alkanes of at least 4 members (excludes halogenated alkanes) is 15. The van der Waals surface area contributed by atoms with Gasteiger partial charge in [-0.25, -0.2) is 4.98 Å². The van der Waals surface area contributed by atoms with E-state index in [-0.39, 0.29) is 5.92 Å². The predicted octanol–water partition coefficient (Wildman–Crippen LogP) is 7.77. The van der Waals surface area contributed by atoms with Gasteiger partial charge in [-0.3, -0.25) is 0 Å². The molecule has 0 aliphatic rings. The summed E-state index contributed by atoms with van der Waals surface area (Å²) in [5, 5.41) is 9.04. The van der Waals surface area contributed by atoms with Gasteiger partial charge in [-0.1, -0.05) is 103 Å². The van der Waals surface area contributed by atoms with Crippen LogP contribution < -0.4 is 0 Å². The van der Waals surface area contributed by atoms with Gasteiger partial charge < -0.3 is 4.57 Å². The van der Waals surface area contributed by atoms with E-state index in [2.05, 4.69) is 22.5 Å².